The molecule has 20 heavy (non-hydrogen) atoms. The van der Waals surface area contributed by atoms with Crippen molar-refractivity contribution in [3.63, 3.8) is 0 Å². The third-order valence-corrected chi connectivity index (χ3v) is 3.91. The Labute approximate surface area is 135 Å². The molecule has 0 saturated heterocycles. The molecule has 0 unspecified atom stereocenters. The first-order chi connectivity index (χ1) is 9.60. The predicted molar refractivity (Wildman–Crippen MR) is 86.1 cm³/mol. The van der Waals surface area contributed by atoms with Crippen molar-refractivity contribution >= 4 is 56.7 Å². The minimum absolute atomic E-state index is 0.124. The Hall–Kier alpha value is -1.11. The fourth-order valence-corrected chi connectivity index (χ4v) is 2.14. The van der Waals surface area contributed by atoms with E-state index in [0.717, 1.165) is 23.1 Å². The molecule has 0 atom stereocenters. The summed E-state index contributed by atoms with van der Waals surface area (Å²) in [5.41, 5.74) is 0.751. The SMILES string of the molecule is CCCNc1nc(Cl)nc(Nc2cccc(Cl)c2Br)n1. The second-order valence-electron chi connectivity index (χ2n) is 3.90. The van der Waals surface area contributed by atoms with Gasteiger partial charge in [0.05, 0.1) is 15.2 Å². The van der Waals surface area contributed by atoms with Crippen molar-refractivity contribution in [1.29, 1.82) is 0 Å². The molecule has 5 nitrogen and oxygen atoms in total. The molecule has 1 aromatic heterocycles. The molecule has 0 bridgehead atoms. The predicted octanol–water partition coefficient (Wildman–Crippen LogP) is 4.51. The summed E-state index contributed by atoms with van der Waals surface area (Å²) in [5.74, 6) is 0.791. The van der Waals surface area contributed by atoms with Gasteiger partial charge >= 0.3 is 0 Å². The summed E-state index contributed by atoms with van der Waals surface area (Å²) in [7, 11) is 0. The number of hydrogen-bond donors (Lipinski definition) is 2. The summed E-state index contributed by atoms with van der Waals surface area (Å²) in [4.78, 5) is 12.3. The Morgan fingerprint density at radius 1 is 1.15 bits per heavy atom. The van der Waals surface area contributed by atoms with Crippen LogP contribution in [0.2, 0.25) is 10.3 Å². The third kappa shape index (κ3) is 3.94. The highest BCUT2D eigenvalue weighted by Crippen LogP contribution is 2.31. The van der Waals surface area contributed by atoms with E-state index in [1.807, 2.05) is 12.1 Å². The monoisotopic (exact) mass is 375 g/mol. The van der Waals surface area contributed by atoms with Crippen LogP contribution in [0.4, 0.5) is 17.6 Å². The number of halogens is 3. The lowest BCUT2D eigenvalue weighted by molar-refractivity contribution is 0.940. The van der Waals surface area contributed by atoms with Crippen molar-refractivity contribution in [3.05, 3.63) is 33.0 Å². The highest BCUT2D eigenvalue weighted by Gasteiger charge is 2.08. The van der Waals surface area contributed by atoms with Crippen LogP contribution in [0.15, 0.2) is 22.7 Å². The first-order valence-corrected chi connectivity index (χ1v) is 7.51. The summed E-state index contributed by atoms with van der Waals surface area (Å²) >= 11 is 15.3. The van der Waals surface area contributed by atoms with Crippen molar-refractivity contribution in [3.8, 4) is 0 Å². The average Bonchev–Trinajstić information content (AvgIpc) is 2.41. The molecule has 0 aliphatic heterocycles. The maximum absolute atomic E-state index is 6.03. The molecule has 0 aliphatic carbocycles. The first-order valence-electron chi connectivity index (χ1n) is 5.96. The molecule has 0 aliphatic rings. The summed E-state index contributed by atoms with van der Waals surface area (Å²) in [6, 6.07) is 5.46. The van der Waals surface area contributed by atoms with Crippen molar-refractivity contribution in [2.24, 2.45) is 0 Å². The van der Waals surface area contributed by atoms with E-state index >= 15 is 0 Å². The Kier molecular flexibility index (Phi) is 5.39. The van der Waals surface area contributed by atoms with E-state index in [9.17, 15) is 0 Å². The second-order valence-corrected chi connectivity index (χ2v) is 5.44. The van der Waals surface area contributed by atoms with Crippen LogP contribution in [-0.4, -0.2) is 21.5 Å². The van der Waals surface area contributed by atoms with Crippen LogP contribution in [-0.2, 0) is 0 Å². The lowest BCUT2D eigenvalue weighted by Gasteiger charge is -2.09. The lowest BCUT2D eigenvalue weighted by Crippen LogP contribution is -2.08. The van der Waals surface area contributed by atoms with Crippen LogP contribution in [0, 0.1) is 0 Å². The van der Waals surface area contributed by atoms with Gasteiger partial charge in [-0.25, -0.2) is 0 Å². The van der Waals surface area contributed by atoms with Crippen molar-refractivity contribution in [1.82, 2.24) is 15.0 Å². The van der Waals surface area contributed by atoms with Gasteiger partial charge < -0.3 is 10.6 Å². The van der Waals surface area contributed by atoms with Gasteiger partial charge in [-0.15, -0.1) is 0 Å². The van der Waals surface area contributed by atoms with Gasteiger partial charge in [0.15, 0.2) is 0 Å². The van der Waals surface area contributed by atoms with Gasteiger partial charge in [-0.3, -0.25) is 0 Å². The molecule has 106 valence electrons. The highest BCUT2D eigenvalue weighted by atomic mass is 79.9. The summed E-state index contributed by atoms with van der Waals surface area (Å²) in [6.45, 7) is 2.82. The average molecular weight is 377 g/mol. The summed E-state index contributed by atoms with van der Waals surface area (Å²) < 4.78 is 0.737. The smallest absolute Gasteiger partial charge is 0.233 e. The number of nitrogens with zero attached hydrogens (tertiary/aromatic N) is 3. The number of aromatic nitrogens is 3. The second kappa shape index (κ2) is 7.06. The summed E-state index contributed by atoms with van der Waals surface area (Å²) in [6.07, 6.45) is 0.964. The minimum atomic E-state index is 0.124. The van der Waals surface area contributed by atoms with Gasteiger partial charge in [-0.2, -0.15) is 15.0 Å². The number of hydrogen-bond acceptors (Lipinski definition) is 5. The van der Waals surface area contributed by atoms with E-state index in [2.05, 4.69) is 48.4 Å². The zero-order chi connectivity index (χ0) is 14.5. The van der Waals surface area contributed by atoms with E-state index in [-0.39, 0.29) is 5.28 Å². The molecular formula is C12H12BrCl2N5. The summed E-state index contributed by atoms with van der Waals surface area (Å²) in [5, 5.41) is 6.84. The maximum atomic E-state index is 6.03. The van der Waals surface area contributed by atoms with Crippen molar-refractivity contribution in [2.45, 2.75) is 13.3 Å². The van der Waals surface area contributed by atoms with Crippen LogP contribution >= 0.6 is 39.1 Å². The normalized spacial score (nSPS) is 10.4. The Balaban J connectivity index is 2.24. The van der Waals surface area contributed by atoms with Crippen LogP contribution in [0.5, 0.6) is 0 Å². The van der Waals surface area contributed by atoms with Crippen LogP contribution < -0.4 is 10.6 Å². The maximum Gasteiger partial charge on any atom is 0.233 e. The van der Waals surface area contributed by atoms with E-state index in [4.69, 9.17) is 23.2 Å². The molecule has 8 heteroatoms. The minimum Gasteiger partial charge on any atom is -0.354 e. The van der Waals surface area contributed by atoms with E-state index in [0.29, 0.717) is 16.9 Å². The number of anilines is 3. The lowest BCUT2D eigenvalue weighted by atomic mass is 10.3. The quantitative estimate of drug-likeness (QED) is 0.803. The molecule has 1 heterocycles. The molecule has 0 saturated carbocycles. The molecule has 0 fully saturated rings. The third-order valence-electron chi connectivity index (χ3n) is 2.34. The molecule has 0 amide bonds. The van der Waals surface area contributed by atoms with Crippen LogP contribution in [0.3, 0.4) is 0 Å². The molecule has 1 aromatic carbocycles. The van der Waals surface area contributed by atoms with Gasteiger partial charge in [-0.1, -0.05) is 24.6 Å². The molecule has 0 spiro atoms. The molecule has 0 radical (unpaired) electrons. The van der Waals surface area contributed by atoms with Crippen molar-refractivity contribution in [2.75, 3.05) is 17.2 Å². The van der Waals surface area contributed by atoms with Crippen LogP contribution in [0.25, 0.3) is 0 Å². The van der Waals surface area contributed by atoms with E-state index < -0.39 is 0 Å². The van der Waals surface area contributed by atoms with Crippen molar-refractivity contribution < 1.29 is 0 Å². The topological polar surface area (TPSA) is 62.7 Å². The Bertz CT molecular complexity index is 608. The van der Waals surface area contributed by atoms with Crippen LogP contribution in [0.1, 0.15) is 13.3 Å². The Morgan fingerprint density at radius 2 is 1.90 bits per heavy atom. The van der Waals surface area contributed by atoms with Gasteiger partial charge in [0.1, 0.15) is 0 Å². The zero-order valence-corrected chi connectivity index (χ0v) is 13.7. The highest BCUT2D eigenvalue weighted by molar-refractivity contribution is 9.10. The fraction of sp³-hybridized carbons (Fsp3) is 0.250. The van der Waals surface area contributed by atoms with E-state index in [1.165, 1.54) is 0 Å². The van der Waals surface area contributed by atoms with Gasteiger partial charge in [0.25, 0.3) is 0 Å². The largest absolute Gasteiger partial charge is 0.354 e. The first kappa shape index (κ1) is 15.3. The molecule has 2 aromatic rings. The van der Waals surface area contributed by atoms with Gasteiger partial charge in [0, 0.05) is 6.54 Å². The number of rotatable bonds is 5. The number of nitrogens with one attached hydrogen (secondary N) is 2. The molecule has 2 N–H and O–H groups in total. The van der Waals surface area contributed by atoms with Gasteiger partial charge in [0.2, 0.25) is 17.2 Å². The van der Waals surface area contributed by atoms with E-state index in [1.54, 1.807) is 6.07 Å². The zero-order valence-electron chi connectivity index (χ0n) is 10.6. The standard InChI is InChI=1S/C12H12BrCl2N5/c1-2-6-16-11-18-10(15)19-12(20-11)17-8-5-3-4-7(14)9(8)13/h3-5H,2,6H2,1H3,(H2,16,17,18,19,20). The molecular weight excluding hydrogens is 365 g/mol. The molecule has 2 rings (SSSR count). The van der Waals surface area contributed by atoms with Gasteiger partial charge in [-0.05, 0) is 46.1 Å². The fourth-order valence-electron chi connectivity index (χ4n) is 1.44. The number of benzene rings is 1. The Morgan fingerprint density at radius 3 is 2.65 bits per heavy atom.